The standard InChI is InChI=1S/C12H11N2O2/c1-2-5-12(16)14-11(9-15)8-10-6-3-4-7-13-10/h2-8H,1H3,(H,14,16)/b5-2+,11-8+. The van der Waals surface area contributed by atoms with E-state index in [-0.39, 0.29) is 11.6 Å². The van der Waals surface area contributed by atoms with Gasteiger partial charge >= 0.3 is 0 Å². The van der Waals surface area contributed by atoms with E-state index in [0.717, 1.165) is 0 Å². The molecule has 4 heteroatoms. The Balaban J connectivity index is 2.79. The highest BCUT2D eigenvalue weighted by Gasteiger charge is 2.01. The number of carbonyl (C=O) groups is 1. The number of nitrogens with one attached hydrogen (secondary N) is 1. The van der Waals surface area contributed by atoms with Gasteiger partial charge in [0.2, 0.25) is 5.91 Å². The summed E-state index contributed by atoms with van der Waals surface area (Å²) in [6, 6.07) is 5.27. The molecule has 1 amide bonds. The van der Waals surface area contributed by atoms with Gasteiger partial charge in [-0.05, 0) is 31.2 Å². The summed E-state index contributed by atoms with van der Waals surface area (Å²) in [7, 11) is 0. The highest BCUT2D eigenvalue weighted by molar-refractivity contribution is 5.95. The summed E-state index contributed by atoms with van der Waals surface area (Å²) < 4.78 is 0. The lowest BCUT2D eigenvalue weighted by Crippen LogP contribution is -2.20. The van der Waals surface area contributed by atoms with E-state index in [0.29, 0.717) is 5.69 Å². The monoisotopic (exact) mass is 215 g/mol. The van der Waals surface area contributed by atoms with Gasteiger partial charge in [-0.25, -0.2) is 0 Å². The van der Waals surface area contributed by atoms with Gasteiger partial charge in [0.25, 0.3) is 6.29 Å². The van der Waals surface area contributed by atoms with Crippen LogP contribution in [0.4, 0.5) is 0 Å². The molecule has 81 valence electrons. The van der Waals surface area contributed by atoms with Gasteiger partial charge in [-0.15, -0.1) is 0 Å². The molecule has 1 radical (unpaired) electrons. The number of hydrogen-bond acceptors (Lipinski definition) is 3. The Morgan fingerprint density at radius 1 is 1.50 bits per heavy atom. The van der Waals surface area contributed by atoms with Crippen LogP contribution in [-0.2, 0) is 9.59 Å². The molecule has 0 spiro atoms. The van der Waals surface area contributed by atoms with Crippen LogP contribution in [0.2, 0.25) is 0 Å². The molecule has 16 heavy (non-hydrogen) atoms. The Morgan fingerprint density at radius 2 is 2.31 bits per heavy atom. The van der Waals surface area contributed by atoms with Crippen molar-refractivity contribution in [3.8, 4) is 0 Å². The van der Waals surface area contributed by atoms with Crippen LogP contribution in [-0.4, -0.2) is 17.2 Å². The molecule has 0 aliphatic carbocycles. The Hall–Kier alpha value is -2.23. The number of nitrogens with zero attached hydrogens (tertiary/aromatic N) is 1. The minimum atomic E-state index is -0.368. The average molecular weight is 215 g/mol. The number of pyridine rings is 1. The highest BCUT2D eigenvalue weighted by atomic mass is 16.2. The second-order valence-corrected chi connectivity index (χ2v) is 2.90. The summed E-state index contributed by atoms with van der Waals surface area (Å²) in [5.41, 5.74) is 0.642. The second-order valence-electron chi connectivity index (χ2n) is 2.90. The van der Waals surface area contributed by atoms with Gasteiger partial charge in [-0.2, -0.15) is 0 Å². The first kappa shape index (κ1) is 11.8. The van der Waals surface area contributed by atoms with Gasteiger partial charge in [0.15, 0.2) is 0 Å². The van der Waals surface area contributed by atoms with Crippen LogP contribution < -0.4 is 5.32 Å². The SMILES string of the molecule is C/C=C/C(=O)N/C([C]=O)=C/c1ccccn1. The van der Waals surface area contributed by atoms with Crippen molar-refractivity contribution in [2.75, 3.05) is 0 Å². The van der Waals surface area contributed by atoms with E-state index in [9.17, 15) is 9.59 Å². The molecule has 1 aromatic heterocycles. The normalized spacial score (nSPS) is 11.4. The molecule has 0 aliphatic rings. The lowest BCUT2D eigenvalue weighted by Gasteiger charge is -1.99. The number of hydrogen-bond donors (Lipinski definition) is 1. The molecule has 1 heterocycles. The van der Waals surface area contributed by atoms with Crippen LogP contribution in [0.5, 0.6) is 0 Å². The Kier molecular flexibility index (Phi) is 4.66. The summed E-state index contributed by atoms with van der Waals surface area (Å²) in [5.74, 6) is -0.368. The third-order valence-corrected chi connectivity index (χ3v) is 1.67. The zero-order valence-corrected chi connectivity index (χ0v) is 8.81. The fraction of sp³-hybridized carbons (Fsp3) is 0.0833. The molecule has 0 aromatic carbocycles. The van der Waals surface area contributed by atoms with E-state index in [4.69, 9.17) is 0 Å². The van der Waals surface area contributed by atoms with Crippen molar-refractivity contribution in [1.82, 2.24) is 10.3 Å². The highest BCUT2D eigenvalue weighted by Crippen LogP contribution is 1.99. The fourth-order valence-electron chi connectivity index (χ4n) is 1.03. The van der Waals surface area contributed by atoms with Gasteiger partial charge < -0.3 is 5.32 Å². The number of allylic oxidation sites excluding steroid dienone is 2. The maximum atomic E-state index is 11.2. The maximum Gasteiger partial charge on any atom is 0.251 e. The van der Waals surface area contributed by atoms with Crippen LogP contribution in [0.15, 0.2) is 42.2 Å². The van der Waals surface area contributed by atoms with E-state index in [1.165, 1.54) is 12.2 Å². The van der Waals surface area contributed by atoms with Crippen molar-refractivity contribution in [3.05, 3.63) is 47.9 Å². The lowest BCUT2D eigenvalue weighted by atomic mass is 10.3. The van der Waals surface area contributed by atoms with Crippen molar-refractivity contribution in [3.63, 3.8) is 0 Å². The minimum absolute atomic E-state index is 0.0572. The van der Waals surface area contributed by atoms with Gasteiger partial charge in [0.1, 0.15) is 0 Å². The molecule has 0 atom stereocenters. The molecule has 1 aromatic rings. The van der Waals surface area contributed by atoms with E-state index in [2.05, 4.69) is 10.3 Å². The largest absolute Gasteiger partial charge is 0.319 e. The lowest BCUT2D eigenvalue weighted by molar-refractivity contribution is -0.115. The summed E-state index contributed by atoms with van der Waals surface area (Å²) in [6.07, 6.45) is 7.60. The van der Waals surface area contributed by atoms with Crippen LogP contribution in [0.1, 0.15) is 12.6 Å². The number of aromatic nitrogens is 1. The average Bonchev–Trinajstić information content (AvgIpc) is 2.30. The summed E-state index contributed by atoms with van der Waals surface area (Å²) in [5, 5.41) is 2.39. The molecule has 0 aliphatic heterocycles. The molecule has 0 bridgehead atoms. The molecule has 0 unspecified atom stereocenters. The molecule has 4 nitrogen and oxygen atoms in total. The first-order chi connectivity index (χ1) is 7.76. The molecular weight excluding hydrogens is 204 g/mol. The van der Waals surface area contributed by atoms with Crippen molar-refractivity contribution in [1.29, 1.82) is 0 Å². The molecule has 1 rings (SSSR count). The smallest absolute Gasteiger partial charge is 0.251 e. The topological polar surface area (TPSA) is 59.1 Å². The van der Waals surface area contributed by atoms with Gasteiger partial charge in [0, 0.05) is 6.20 Å². The van der Waals surface area contributed by atoms with Crippen molar-refractivity contribution in [2.45, 2.75) is 6.92 Å². The summed E-state index contributed by atoms with van der Waals surface area (Å²) >= 11 is 0. The second kappa shape index (κ2) is 6.29. The summed E-state index contributed by atoms with van der Waals surface area (Å²) in [6.45, 7) is 1.71. The van der Waals surface area contributed by atoms with Gasteiger partial charge in [-0.3, -0.25) is 14.6 Å². The van der Waals surface area contributed by atoms with E-state index >= 15 is 0 Å². The molecular formula is C12H11N2O2. The zero-order chi connectivity index (χ0) is 11.8. The van der Waals surface area contributed by atoms with Crippen molar-refractivity contribution >= 4 is 18.3 Å². The van der Waals surface area contributed by atoms with E-state index in [1.54, 1.807) is 43.7 Å². The number of amides is 1. The number of carbonyl (C=O) groups excluding carboxylic acids is 2. The Bertz CT molecular complexity index is 422. The predicted octanol–water partition coefficient (Wildman–Crippen LogP) is 1.22. The first-order valence-electron chi connectivity index (χ1n) is 4.71. The van der Waals surface area contributed by atoms with Gasteiger partial charge in [-0.1, -0.05) is 12.1 Å². The van der Waals surface area contributed by atoms with Crippen LogP contribution in [0.3, 0.4) is 0 Å². The Morgan fingerprint density at radius 3 is 2.88 bits per heavy atom. The molecule has 0 fully saturated rings. The maximum absolute atomic E-state index is 11.2. The molecule has 1 N–H and O–H groups in total. The molecule has 0 saturated carbocycles. The third-order valence-electron chi connectivity index (χ3n) is 1.67. The quantitative estimate of drug-likeness (QED) is 0.768. The van der Waals surface area contributed by atoms with E-state index in [1.807, 2.05) is 0 Å². The van der Waals surface area contributed by atoms with E-state index < -0.39 is 0 Å². The van der Waals surface area contributed by atoms with Crippen molar-refractivity contribution < 1.29 is 9.59 Å². The van der Waals surface area contributed by atoms with Crippen LogP contribution >= 0.6 is 0 Å². The number of rotatable bonds is 4. The minimum Gasteiger partial charge on any atom is -0.319 e. The Labute approximate surface area is 93.7 Å². The zero-order valence-electron chi connectivity index (χ0n) is 8.81. The fourth-order valence-corrected chi connectivity index (χ4v) is 1.03. The van der Waals surface area contributed by atoms with Gasteiger partial charge in [0.05, 0.1) is 11.4 Å². The third kappa shape index (κ3) is 3.88. The van der Waals surface area contributed by atoms with Crippen LogP contribution in [0.25, 0.3) is 6.08 Å². The molecule has 0 saturated heterocycles. The summed E-state index contributed by atoms with van der Waals surface area (Å²) in [4.78, 5) is 25.7. The first-order valence-corrected chi connectivity index (χ1v) is 4.71. The predicted molar refractivity (Wildman–Crippen MR) is 60.9 cm³/mol. The van der Waals surface area contributed by atoms with Crippen LogP contribution in [0, 0.1) is 0 Å². The van der Waals surface area contributed by atoms with Crippen molar-refractivity contribution in [2.24, 2.45) is 0 Å².